The first kappa shape index (κ1) is 17.5. The first-order chi connectivity index (χ1) is 12.5. The molecule has 2 N–H and O–H groups in total. The molecule has 0 aliphatic carbocycles. The number of nitrogens with one attached hydrogen (secondary N) is 2. The molecule has 3 rings (SSSR count). The van der Waals surface area contributed by atoms with E-state index < -0.39 is 0 Å². The average molecular weight is 348 g/mol. The van der Waals surface area contributed by atoms with Crippen LogP contribution < -0.4 is 10.6 Å². The molecule has 0 unspecified atom stereocenters. The van der Waals surface area contributed by atoms with Crippen LogP contribution in [0.15, 0.2) is 61.0 Å². The summed E-state index contributed by atoms with van der Waals surface area (Å²) < 4.78 is 27.9. The van der Waals surface area contributed by atoms with E-state index in [0.29, 0.717) is 28.9 Å². The number of halogens is 2. The van der Waals surface area contributed by atoms with Crippen LogP contribution in [-0.4, -0.2) is 7.05 Å². The molecule has 0 atom stereocenters. The highest BCUT2D eigenvalue weighted by molar-refractivity contribution is 6.03. The monoisotopic (exact) mass is 348 g/mol. The number of anilines is 1. The third-order valence-electron chi connectivity index (χ3n) is 4.24. The zero-order chi connectivity index (χ0) is 18.7. The van der Waals surface area contributed by atoms with Crippen LogP contribution in [0.1, 0.15) is 16.7 Å². The molecule has 0 saturated carbocycles. The Kier molecular flexibility index (Phi) is 4.90. The predicted octanol–water partition coefficient (Wildman–Crippen LogP) is 4.72. The van der Waals surface area contributed by atoms with Gasteiger partial charge in [-0.3, -0.25) is 0 Å². The number of rotatable bonds is 4. The van der Waals surface area contributed by atoms with Crippen molar-refractivity contribution < 1.29 is 8.78 Å². The Bertz CT molecular complexity index is 961. The van der Waals surface area contributed by atoms with Crippen LogP contribution in [0.2, 0.25) is 0 Å². The minimum atomic E-state index is -0.386. The lowest BCUT2D eigenvalue weighted by atomic mass is 9.89. The fourth-order valence-electron chi connectivity index (χ4n) is 3.08. The Balaban J connectivity index is 2.23. The summed E-state index contributed by atoms with van der Waals surface area (Å²) in [5, 5.41) is 5.91. The van der Waals surface area contributed by atoms with Gasteiger partial charge in [-0.05, 0) is 52.6 Å². The van der Waals surface area contributed by atoms with Gasteiger partial charge < -0.3 is 10.6 Å². The molecule has 0 amide bonds. The zero-order valence-corrected chi connectivity index (χ0v) is 14.4. The van der Waals surface area contributed by atoms with E-state index in [4.69, 9.17) is 6.42 Å². The normalized spacial score (nSPS) is 13.4. The van der Waals surface area contributed by atoms with Crippen molar-refractivity contribution in [3.8, 4) is 12.3 Å². The highest BCUT2D eigenvalue weighted by atomic mass is 19.1. The van der Waals surface area contributed by atoms with Crippen LogP contribution in [0.3, 0.4) is 0 Å². The molecule has 0 fully saturated rings. The Morgan fingerprint density at radius 3 is 2.54 bits per heavy atom. The van der Waals surface area contributed by atoms with E-state index in [1.165, 1.54) is 18.2 Å². The van der Waals surface area contributed by atoms with E-state index in [9.17, 15) is 8.78 Å². The summed E-state index contributed by atoms with van der Waals surface area (Å²) in [7, 11) is 1.66. The van der Waals surface area contributed by atoms with Crippen LogP contribution in [0, 0.1) is 24.0 Å². The van der Waals surface area contributed by atoms with Crippen molar-refractivity contribution in [3.63, 3.8) is 0 Å². The average Bonchev–Trinajstić information content (AvgIpc) is 2.62. The maximum atomic E-state index is 14.6. The summed E-state index contributed by atoms with van der Waals surface area (Å²) in [5.41, 5.74) is 4.77. The van der Waals surface area contributed by atoms with E-state index >= 15 is 0 Å². The highest BCUT2D eigenvalue weighted by Gasteiger charge is 2.19. The third kappa shape index (κ3) is 3.25. The Morgan fingerprint density at radius 2 is 1.88 bits per heavy atom. The van der Waals surface area contributed by atoms with Gasteiger partial charge in [-0.25, -0.2) is 8.78 Å². The van der Waals surface area contributed by atoms with Crippen LogP contribution in [0.4, 0.5) is 14.5 Å². The Morgan fingerprint density at radius 1 is 1.15 bits per heavy atom. The Hall–Kier alpha value is -3.32. The smallest absolute Gasteiger partial charge is 0.147 e. The second kappa shape index (κ2) is 7.28. The van der Waals surface area contributed by atoms with Crippen molar-refractivity contribution in [2.45, 2.75) is 6.42 Å². The lowest BCUT2D eigenvalue weighted by molar-refractivity contribution is 0.627. The molecule has 130 valence electrons. The minimum Gasteiger partial charge on any atom is -0.386 e. The summed E-state index contributed by atoms with van der Waals surface area (Å²) in [6.07, 6.45) is 9.35. The molecule has 26 heavy (non-hydrogen) atoms. The van der Waals surface area contributed by atoms with Gasteiger partial charge in [-0.2, -0.15) is 0 Å². The van der Waals surface area contributed by atoms with Gasteiger partial charge in [-0.15, -0.1) is 12.3 Å². The maximum Gasteiger partial charge on any atom is 0.147 e. The molecule has 0 saturated heterocycles. The molecule has 0 aromatic heterocycles. The second-order valence-electron chi connectivity index (χ2n) is 5.87. The van der Waals surface area contributed by atoms with Gasteiger partial charge in [0, 0.05) is 30.9 Å². The van der Waals surface area contributed by atoms with Crippen molar-refractivity contribution >= 4 is 16.8 Å². The van der Waals surface area contributed by atoms with E-state index in [1.807, 2.05) is 12.1 Å². The standard InChI is InChI=1S/C22H18F2N2/c1-4-5-16-12-17(13-20(24)22(16)25-3)21-14(2)26-11-10-19(21)15-6-8-18(23)9-7-15/h1,6-13,25-26H,2,5H2,3H3. The molecule has 2 nitrogen and oxygen atoms in total. The Labute approximate surface area is 151 Å². The summed E-state index contributed by atoms with van der Waals surface area (Å²) >= 11 is 0. The number of benzene rings is 2. The zero-order valence-electron chi connectivity index (χ0n) is 14.4. The van der Waals surface area contributed by atoms with Gasteiger partial charge in [0.15, 0.2) is 0 Å². The van der Waals surface area contributed by atoms with Crippen molar-refractivity contribution in [1.82, 2.24) is 5.32 Å². The van der Waals surface area contributed by atoms with Crippen LogP contribution in [0.5, 0.6) is 0 Å². The lowest BCUT2D eigenvalue weighted by Gasteiger charge is -2.22. The summed E-state index contributed by atoms with van der Waals surface area (Å²) in [6.45, 7) is 4.04. The van der Waals surface area contributed by atoms with Gasteiger partial charge in [0.05, 0.1) is 5.69 Å². The molecular weight excluding hydrogens is 330 g/mol. The van der Waals surface area contributed by atoms with Gasteiger partial charge in [0.2, 0.25) is 0 Å². The number of allylic oxidation sites excluding steroid dienone is 3. The largest absolute Gasteiger partial charge is 0.386 e. The summed E-state index contributed by atoms with van der Waals surface area (Å²) in [4.78, 5) is 0. The molecule has 4 heteroatoms. The molecule has 2 aromatic carbocycles. The van der Waals surface area contributed by atoms with E-state index in [2.05, 4.69) is 23.1 Å². The van der Waals surface area contributed by atoms with E-state index in [1.54, 1.807) is 25.4 Å². The maximum absolute atomic E-state index is 14.6. The third-order valence-corrected chi connectivity index (χ3v) is 4.24. The number of dihydropyridines is 1. The highest BCUT2D eigenvalue weighted by Crippen LogP contribution is 2.36. The molecule has 0 bridgehead atoms. The van der Waals surface area contributed by atoms with Crippen LogP contribution in [0.25, 0.3) is 11.1 Å². The molecule has 1 aliphatic heterocycles. The molecule has 2 aromatic rings. The molecule has 1 aliphatic rings. The van der Waals surface area contributed by atoms with Crippen molar-refractivity contribution in [2.24, 2.45) is 0 Å². The van der Waals surface area contributed by atoms with Crippen molar-refractivity contribution in [1.29, 1.82) is 0 Å². The number of hydrogen-bond donors (Lipinski definition) is 2. The molecular formula is C22H18F2N2. The number of hydrogen-bond acceptors (Lipinski definition) is 2. The fraction of sp³-hybridized carbons (Fsp3) is 0.0909. The van der Waals surface area contributed by atoms with E-state index in [-0.39, 0.29) is 11.6 Å². The quantitative estimate of drug-likeness (QED) is 0.781. The molecule has 1 heterocycles. The summed E-state index contributed by atoms with van der Waals surface area (Å²) in [6, 6.07) is 9.49. The van der Waals surface area contributed by atoms with Crippen molar-refractivity contribution in [2.75, 3.05) is 12.4 Å². The van der Waals surface area contributed by atoms with Gasteiger partial charge in [-0.1, -0.05) is 18.7 Å². The number of terminal acetylenes is 1. The molecule has 0 radical (unpaired) electrons. The second-order valence-corrected chi connectivity index (χ2v) is 5.87. The van der Waals surface area contributed by atoms with E-state index in [0.717, 1.165) is 16.7 Å². The lowest BCUT2D eigenvalue weighted by Crippen LogP contribution is -2.12. The van der Waals surface area contributed by atoms with Gasteiger partial charge >= 0.3 is 0 Å². The van der Waals surface area contributed by atoms with Crippen LogP contribution in [-0.2, 0) is 6.42 Å². The van der Waals surface area contributed by atoms with Gasteiger partial charge in [0.1, 0.15) is 11.6 Å². The predicted molar refractivity (Wildman–Crippen MR) is 103 cm³/mol. The minimum absolute atomic E-state index is 0.301. The first-order valence-corrected chi connectivity index (χ1v) is 8.11. The first-order valence-electron chi connectivity index (χ1n) is 8.11. The molecule has 0 spiro atoms. The van der Waals surface area contributed by atoms with Gasteiger partial charge in [0.25, 0.3) is 0 Å². The summed E-state index contributed by atoms with van der Waals surface area (Å²) in [5.74, 6) is 1.86. The SMILES string of the molecule is C#CCc1cc(C2=C(c3ccc(F)cc3)C=CNC2=C)cc(F)c1NC. The van der Waals surface area contributed by atoms with Crippen molar-refractivity contribution in [3.05, 3.63) is 89.3 Å². The van der Waals surface area contributed by atoms with Crippen LogP contribution >= 0.6 is 0 Å². The fourth-order valence-corrected chi connectivity index (χ4v) is 3.08. The topological polar surface area (TPSA) is 24.1 Å².